The molecule has 1 aromatic carbocycles. The van der Waals surface area contributed by atoms with Gasteiger partial charge in [-0.2, -0.15) is 0 Å². The Hall–Kier alpha value is -2.66. The van der Waals surface area contributed by atoms with Crippen LogP contribution >= 0.6 is 11.3 Å². The number of aryl methyl sites for hydroxylation is 1. The molecule has 0 radical (unpaired) electrons. The Morgan fingerprint density at radius 1 is 1.19 bits per heavy atom. The van der Waals surface area contributed by atoms with Crippen LogP contribution in [0.4, 0.5) is 0 Å². The fourth-order valence-corrected chi connectivity index (χ4v) is 3.56. The highest BCUT2D eigenvalue weighted by Gasteiger charge is 2.20. The lowest BCUT2D eigenvalue weighted by molar-refractivity contribution is 0.0745. The molecule has 1 unspecified atom stereocenters. The number of hydrogen-bond acceptors (Lipinski definition) is 4. The van der Waals surface area contributed by atoms with Crippen LogP contribution in [0.15, 0.2) is 60.9 Å². The highest BCUT2D eigenvalue weighted by molar-refractivity contribution is 7.12. The van der Waals surface area contributed by atoms with E-state index in [1.807, 2.05) is 43.4 Å². The van der Waals surface area contributed by atoms with Crippen molar-refractivity contribution in [2.24, 2.45) is 0 Å². The summed E-state index contributed by atoms with van der Waals surface area (Å²) in [5.74, 6) is 0.734. The molecule has 0 fully saturated rings. The van der Waals surface area contributed by atoms with Crippen molar-refractivity contribution in [2.75, 3.05) is 7.05 Å². The van der Waals surface area contributed by atoms with Gasteiger partial charge in [-0.1, -0.05) is 6.07 Å². The lowest BCUT2D eigenvalue weighted by atomic mass is 10.1. The molecule has 0 aliphatic rings. The van der Waals surface area contributed by atoms with Gasteiger partial charge in [0.15, 0.2) is 0 Å². The number of thiophene rings is 1. The topological polar surface area (TPSA) is 42.4 Å². The Morgan fingerprint density at radius 2 is 1.96 bits per heavy atom. The highest BCUT2D eigenvalue weighted by Crippen LogP contribution is 2.27. The number of carbonyl (C=O) groups excluding carboxylic acids is 1. The monoisotopic (exact) mass is 366 g/mol. The van der Waals surface area contributed by atoms with E-state index in [1.165, 1.54) is 9.75 Å². The number of ether oxygens (including phenoxy) is 1. The molecule has 26 heavy (non-hydrogen) atoms. The second kappa shape index (κ2) is 8.15. The summed E-state index contributed by atoms with van der Waals surface area (Å²) >= 11 is 1.72. The predicted octanol–water partition coefficient (Wildman–Crippen LogP) is 4.86. The maximum atomic E-state index is 12.7. The molecule has 1 atom stereocenters. The smallest absolute Gasteiger partial charge is 0.254 e. The largest absolute Gasteiger partial charge is 0.489 e. The van der Waals surface area contributed by atoms with Crippen LogP contribution in [-0.4, -0.2) is 22.8 Å². The van der Waals surface area contributed by atoms with Gasteiger partial charge in [-0.3, -0.25) is 9.78 Å². The third kappa shape index (κ3) is 4.29. The Bertz CT molecular complexity index is 859. The van der Waals surface area contributed by atoms with Gasteiger partial charge in [0, 0.05) is 40.3 Å². The fourth-order valence-electron chi connectivity index (χ4n) is 2.59. The summed E-state index contributed by atoms with van der Waals surface area (Å²) in [4.78, 5) is 21.0. The number of aromatic nitrogens is 1. The van der Waals surface area contributed by atoms with E-state index in [1.54, 1.807) is 28.6 Å². The van der Waals surface area contributed by atoms with Gasteiger partial charge in [-0.15, -0.1) is 11.3 Å². The molecule has 5 heteroatoms. The Labute approximate surface area is 158 Å². The van der Waals surface area contributed by atoms with Crippen molar-refractivity contribution in [1.82, 2.24) is 9.88 Å². The average Bonchev–Trinajstić information content (AvgIpc) is 3.12. The number of carbonyl (C=O) groups is 1. The van der Waals surface area contributed by atoms with Gasteiger partial charge in [-0.05, 0) is 56.3 Å². The molecule has 0 saturated carbocycles. The Morgan fingerprint density at radius 3 is 2.58 bits per heavy atom. The Balaban J connectivity index is 1.62. The molecule has 134 valence electrons. The van der Waals surface area contributed by atoms with Crippen LogP contribution in [0.5, 0.6) is 5.75 Å². The van der Waals surface area contributed by atoms with E-state index in [2.05, 4.69) is 31.0 Å². The molecule has 0 bridgehead atoms. The number of nitrogens with zero attached hydrogens (tertiary/aromatic N) is 2. The van der Waals surface area contributed by atoms with Gasteiger partial charge in [-0.25, -0.2) is 0 Å². The van der Waals surface area contributed by atoms with Crippen LogP contribution in [0.2, 0.25) is 0 Å². The maximum absolute atomic E-state index is 12.7. The lowest BCUT2D eigenvalue weighted by Crippen LogP contribution is -2.29. The minimum absolute atomic E-state index is 0.00219. The van der Waals surface area contributed by atoms with Crippen LogP contribution in [0.3, 0.4) is 0 Å². The van der Waals surface area contributed by atoms with E-state index in [4.69, 9.17) is 4.74 Å². The minimum Gasteiger partial charge on any atom is -0.489 e. The Kier molecular flexibility index (Phi) is 5.68. The molecule has 0 aliphatic heterocycles. The molecule has 0 spiro atoms. The fraction of sp³-hybridized carbons (Fsp3) is 0.238. The van der Waals surface area contributed by atoms with Crippen molar-refractivity contribution in [3.63, 3.8) is 0 Å². The number of hydrogen-bond donors (Lipinski definition) is 0. The normalized spacial score (nSPS) is 11.8. The third-order valence-electron chi connectivity index (χ3n) is 4.30. The second-order valence-corrected chi connectivity index (χ2v) is 7.53. The van der Waals surface area contributed by atoms with E-state index >= 15 is 0 Å². The van der Waals surface area contributed by atoms with Crippen LogP contribution in [0.1, 0.15) is 38.6 Å². The number of pyridine rings is 1. The van der Waals surface area contributed by atoms with Gasteiger partial charge < -0.3 is 9.64 Å². The predicted molar refractivity (Wildman–Crippen MR) is 105 cm³/mol. The first kappa shape index (κ1) is 18.1. The zero-order valence-electron chi connectivity index (χ0n) is 15.2. The zero-order valence-corrected chi connectivity index (χ0v) is 16.0. The summed E-state index contributed by atoms with van der Waals surface area (Å²) in [6.07, 6.45) is 3.51. The van der Waals surface area contributed by atoms with Crippen LogP contribution < -0.4 is 4.74 Å². The van der Waals surface area contributed by atoms with E-state index in [0.29, 0.717) is 12.2 Å². The van der Waals surface area contributed by atoms with Gasteiger partial charge in [0.2, 0.25) is 0 Å². The second-order valence-electron chi connectivity index (χ2n) is 6.21. The summed E-state index contributed by atoms with van der Waals surface area (Å²) < 4.78 is 5.74. The van der Waals surface area contributed by atoms with E-state index in [0.717, 1.165) is 11.3 Å². The van der Waals surface area contributed by atoms with E-state index in [-0.39, 0.29) is 11.9 Å². The molecule has 0 aliphatic carbocycles. The van der Waals surface area contributed by atoms with Crippen molar-refractivity contribution < 1.29 is 9.53 Å². The first-order chi connectivity index (χ1) is 12.5. The molecule has 0 N–H and O–H groups in total. The summed E-state index contributed by atoms with van der Waals surface area (Å²) in [5, 5.41) is 0. The number of benzene rings is 1. The summed E-state index contributed by atoms with van der Waals surface area (Å²) in [6.45, 7) is 4.58. The van der Waals surface area contributed by atoms with Gasteiger partial charge >= 0.3 is 0 Å². The van der Waals surface area contributed by atoms with Crippen LogP contribution in [-0.2, 0) is 6.61 Å². The van der Waals surface area contributed by atoms with Crippen molar-refractivity contribution in [1.29, 1.82) is 0 Å². The van der Waals surface area contributed by atoms with E-state index in [9.17, 15) is 4.79 Å². The standard InChI is InChI=1S/C21H22N2O2S/c1-15-6-11-20(26-15)16(2)23(3)21(24)18-7-9-19(10-8-18)25-14-17-5-4-12-22-13-17/h4-13,16H,14H2,1-3H3. The molecular weight excluding hydrogens is 344 g/mol. The average molecular weight is 366 g/mol. The molecule has 2 aromatic heterocycles. The lowest BCUT2D eigenvalue weighted by Gasteiger charge is -2.24. The summed E-state index contributed by atoms with van der Waals surface area (Å²) in [5.41, 5.74) is 1.66. The number of rotatable bonds is 6. The summed E-state index contributed by atoms with van der Waals surface area (Å²) in [6, 6.07) is 15.3. The SMILES string of the molecule is Cc1ccc(C(C)N(C)C(=O)c2ccc(OCc3cccnc3)cc2)s1. The molecular formula is C21H22N2O2S. The first-order valence-electron chi connectivity index (χ1n) is 8.50. The van der Waals surface area contributed by atoms with Gasteiger partial charge in [0.1, 0.15) is 12.4 Å². The molecule has 1 amide bonds. The summed E-state index contributed by atoms with van der Waals surface area (Å²) in [7, 11) is 1.84. The molecule has 4 nitrogen and oxygen atoms in total. The van der Waals surface area contributed by atoms with Gasteiger partial charge in [0.05, 0.1) is 6.04 Å². The molecule has 0 saturated heterocycles. The van der Waals surface area contributed by atoms with Crippen LogP contribution in [0, 0.1) is 6.92 Å². The molecule has 2 heterocycles. The quantitative estimate of drug-likeness (QED) is 0.625. The molecule has 3 rings (SSSR count). The highest BCUT2D eigenvalue weighted by atomic mass is 32.1. The molecule has 3 aromatic rings. The first-order valence-corrected chi connectivity index (χ1v) is 9.31. The van der Waals surface area contributed by atoms with E-state index < -0.39 is 0 Å². The van der Waals surface area contributed by atoms with Crippen LogP contribution in [0.25, 0.3) is 0 Å². The third-order valence-corrected chi connectivity index (χ3v) is 5.47. The maximum Gasteiger partial charge on any atom is 0.254 e. The number of amides is 1. The zero-order chi connectivity index (χ0) is 18.5. The van der Waals surface area contributed by atoms with Crippen molar-refractivity contribution in [2.45, 2.75) is 26.5 Å². The van der Waals surface area contributed by atoms with Gasteiger partial charge in [0.25, 0.3) is 5.91 Å². The van der Waals surface area contributed by atoms with Crippen molar-refractivity contribution in [3.8, 4) is 5.75 Å². The minimum atomic E-state index is 0.00219. The van der Waals surface area contributed by atoms with Crippen molar-refractivity contribution >= 4 is 17.2 Å². The van der Waals surface area contributed by atoms with Crippen molar-refractivity contribution in [3.05, 3.63) is 81.8 Å².